The number of nitrogens with zero attached hydrogens (tertiary/aromatic N) is 1. The van der Waals surface area contributed by atoms with Crippen LogP contribution in [0.25, 0.3) is 10.2 Å². The molecule has 0 saturated carbocycles. The van der Waals surface area contributed by atoms with Crippen molar-refractivity contribution >= 4 is 21.6 Å². The molecule has 1 aromatic heterocycles. The van der Waals surface area contributed by atoms with Crippen LogP contribution in [-0.2, 0) is 6.61 Å². The van der Waals surface area contributed by atoms with E-state index in [1.807, 2.05) is 43.3 Å². The van der Waals surface area contributed by atoms with Crippen molar-refractivity contribution in [1.29, 1.82) is 0 Å². The number of aromatic nitrogens is 1. The van der Waals surface area contributed by atoms with Crippen molar-refractivity contribution in [3.63, 3.8) is 0 Å². The van der Waals surface area contributed by atoms with Crippen LogP contribution in [0.2, 0.25) is 0 Å². The number of para-hydroxylation sites is 1. The maximum Gasteiger partial charge on any atom is 0.140 e. The van der Waals surface area contributed by atoms with E-state index in [-0.39, 0.29) is 0 Å². The lowest BCUT2D eigenvalue weighted by atomic mass is 10.1. The Bertz CT molecular complexity index is 731. The summed E-state index contributed by atoms with van der Waals surface area (Å²) in [6.45, 7) is 4.17. The Labute approximate surface area is 127 Å². The molecule has 21 heavy (non-hydrogen) atoms. The molecule has 0 aliphatic heterocycles. The number of hydrogen-bond acceptors (Lipinski definition) is 4. The van der Waals surface area contributed by atoms with Crippen LogP contribution in [0, 0.1) is 6.92 Å². The second-order valence-corrected chi connectivity index (χ2v) is 6.20. The van der Waals surface area contributed by atoms with E-state index in [0.29, 0.717) is 6.61 Å². The topological polar surface area (TPSA) is 42.4 Å². The zero-order chi connectivity index (χ0) is 14.8. The first-order valence-electron chi connectivity index (χ1n) is 6.89. The summed E-state index contributed by atoms with van der Waals surface area (Å²) < 4.78 is 7.02. The zero-order valence-corrected chi connectivity index (χ0v) is 12.9. The number of ether oxygens (including phenoxy) is 1. The molecular formula is C17H17NO2S. The summed E-state index contributed by atoms with van der Waals surface area (Å²) in [5, 5.41) is 10.8. The van der Waals surface area contributed by atoms with Crippen LogP contribution < -0.4 is 4.74 Å². The van der Waals surface area contributed by atoms with E-state index in [1.165, 1.54) is 0 Å². The van der Waals surface area contributed by atoms with E-state index in [1.54, 1.807) is 18.3 Å². The van der Waals surface area contributed by atoms with Gasteiger partial charge >= 0.3 is 0 Å². The summed E-state index contributed by atoms with van der Waals surface area (Å²) in [6.07, 6.45) is -0.546. The first-order chi connectivity index (χ1) is 10.1. The predicted molar refractivity (Wildman–Crippen MR) is 85.8 cm³/mol. The molecule has 108 valence electrons. The van der Waals surface area contributed by atoms with Gasteiger partial charge in [-0.15, -0.1) is 11.3 Å². The minimum Gasteiger partial charge on any atom is -0.486 e. The number of hydrogen-bond donors (Lipinski definition) is 1. The fraction of sp³-hybridized carbons (Fsp3) is 0.235. The molecule has 3 aromatic rings. The number of benzene rings is 2. The summed E-state index contributed by atoms with van der Waals surface area (Å²) in [4.78, 5) is 4.55. The van der Waals surface area contributed by atoms with Gasteiger partial charge in [-0.1, -0.05) is 23.8 Å². The van der Waals surface area contributed by atoms with Gasteiger partial charge in [-0.25, -0.2) is 4.98 Å². The number of thiazole rings is 1. The van der Waals surface area contributed by atoms with Gasteiger partial charge in [0.2, 0.25) is 0 Å². The third kappa shape index (κ3) is 3.06. The van der Waals surface area contributed by atoms with Gasteiger partial charge in [-0.2, -0.15) is 0 Å². The van der Waals surface area contributed by atoms with E-state index in [0.717, 1.165) is 32.1 Å². The lowest BCUT2D eigenvalue weighted by molar-refractivity contribution is 0.190. The number of aliphatic hydroxyl groups excluding tert-OH is 1. The third-order valence-electron chi connectivity index (χ3n) is 3.30. The molecule has 1 N–H and O–H groups in total. The minimum atomic E-state index is -0.546. The van der Waals surface area contributed by atoms with Crippen LogP contribution >= 0.6 is 11.3 Å². The third-order valence-corrected chi connectivity index (χ3v) is 4.31. The van der Waals surface area contributed by atoms with Crippen molar-refractivity contribution in [3.8, 4) is 5.75 Å². The highest BCUT2D eigenvalue weighted by Crippen LogP contribution is 2.28. The highest BCUT2D eigenvalue weighted by molar-refractivity contribution is 7.18. The van der Waals surface area contributed by atoms with Crippen molar-refractivity contribution < 1.29 is 9.84 Å². The van der Waals surface area contributed by atoms with E-state index < -0.39 is 6.10 Å². The molecular weight excluding hydrogens is 282 g/mol. The van der Waals surface area contributed by atoms with Crippen LogP contribution in [0.15, 0.2) is 42.5 Å². The lowest BCUT2D eigenvalue weighted by Crippen LogP contribution is -2.01. The van der Waals surface area contributed by atoms with Crippen molar-refractivity contribution in [2.24, 2.45) is 0 Å². The molecule has 0 bridgehead atoms. The fourth-order valence-electron chi connectivity index (χ4n) is 2.25. The van der Waals surface area contributed by atoms with Crippen LogP contribution in [0.4, 0.5) is 0 Å². The van der Waals surface area contributed by atoms with E-state index in [9.17, 15) is 5.11 Å². The van der Waals surface area contributed by atoms with Gasteiger partial charge in [-0.05, 0) is 38.1 Å². The Morgan fingerprint density at radius 1 is 1.24 bits per heavy atom. The maximum atomic E-state index is 9.85. The molecule has 2 aromatic carbocycles. The van der Waals surface area contributed by atoms with Crippen LogP contribution in [0.3, 0.4) is 0 Å². The molecule has 0 amide bonds. The van der Waals surface area contributed by atoms with Gasteiger partial charge in [0.1, 0.15) is 17.4 Å². The normalized spacial score (nSPS) is 12.5. The number of aryl methyl sites for hydroxylation is 1. The molecule has 0 aliphatic rings. The Morgan fingerprint density at radius 2 is 2.05 bits per heavy atom. The molecule has 1 heterocycles. The predicted octanol–water partition coefficient (Wildman–Crippen LogP) is 4.24. The largest absolute Gasteiger partial charge is 0.486 e. The average Bonchev–Trinajstić information content (AvgIpc) is 2.88. The zero-order valence-electron chi connectivity index (χ0n) is 12.0. The molecule has 0 spiro atoms. The quantitative estimate of drug-likeness (QED) is 0.783. The highest BCUT2D eigenvalue weighted by atomic mass is 32.1. The summed E-state index contributed by atoms with van der Waals surface area (Å²) in [5.74, 6) is 0.717. The molecule has 4 heteroatoms. The molecule has 0 radical (unpaired) electrons. The van der Waals surface area contributed by atoms with Crippen molar-refractivity contribution in [2.45, 2.75) is 26.6 Å². The number of rotatable bonds is 4. The van der Waals surface area contributed by atoms with Crippen molar-refractivity contribution in [3.05, 3.63) is 58.6 Å². The molecule has 1 atom stereocenters. The SMILES string of the molecule is Cc1ccc(OCc2nc3ccccc3s2)c(C(C)O)c1. The van der Waals surface area contributed by atoms with Gasteiger partial charge < -0.3 is 9.84 Å². The first-order valence-corrected chi connectivity index (χ1v) is 7.71. The fourth-order valence-corrected chi connectivity index (χ4v) is 3.13. The summed E-state index contributed by atoms with van der Waals surface area (Å²) in [6, 6.07) is 13.9. The molecule has 0 aliphatic carbocycles. The molecule has 1 unspecified atom stereocenters. The summed E-state index contributed by atoms with van der Waals surface area (Å²) >= 11 is 1.64. The number of aliphatic hydroxyl groups is 1. The molecule has 0 saturated heterocycles. The van der Waals surface area contributed by atoms with E-state index in [2.05, 4.69) is 11.1 Å². The standard InChI is InChI=1S/C17H17NO2S/c1-11-7-8-15(13(9-11)12(2)19)20-10-17-18-14-5-3-4-6-16(14)21-17/h3-9,12,19H,10H2,1-2H3. The van der Waals surface area contributed by atoms with Gasteiger partial charge in [0.25, 0.3) is 0 Å². The second kappa shape index (κ2) is 5.84. The molecule has 3 nitrogen and oxygen atoms in total. The van der Waals surface area contributed by atoms with E-state index in [4.69, 9.17) is 4.74 Å². The molecule has 0 fully saturated rings. The highest BCUT2D eigenvalue weighted by Gasteiger charge is 2.11. The summed E-state index contributed by atoms with van der Waals surface area (Å²) in [5.41, 5.74) is 2.93. The average molecular weight is 299 g/mol. The van der Waals surface area contributed by atoms with Crippen molar-refractivity contribution in [2.75, 3.05) is 0 Å². The van der Waals surface area contributed by atoms with Gasteiger partial charge in [0.05, 0.1) is 16.3 Å². The van der Waals surface area contributed by atoms with Gasteiger partial charge in [0.15, 0.2) is 0 Å². The Balaban J connectivity index is 1.81. The number of fused-ring (bicyclic) bond motifs is 1. The maximum absolute atomic E-state index is 9.85. The van der Waals surface area contributed by atoms with Gasteiger partial charge in [0, 0.05) is 5.56 Å². The first kappa shape index (κ1) is 14.0. The molecule has 3 rings (SSSR count). The Hall–Kier alpha value is -1.91. The van der Waals surface area contributed by atoms with Crippen LogP contribution in [0.5, 0.6) is 5.75 Å². The smallest absolute Gasteiger partial charge is 0.140 e. The monoisotopic (exact) mass is 299 g/mol. The van der Waals surface area contributed by atoms with Gasteiger partial charge in [-0.3, -0.25) is 0 Å². The Morgan fingerprint density at radius 3 is 2.81 bits per heavy atom. The lowest BCUT2D eigenvalue weighted by Gasteiger charge is -2.13. The summed E-state index contributed by atoms with van der Waals surface area (Å²) in [7, 11) is 0. The van der Waals surface area contributed by atoms with Crippen LogP contribution in [0.1, 0.15) is 29.2 Å². The minimum absolute atomic E-state index is 0.419. The van der Waals surface area contributed by atoms with E-state index >= 15 is 0 Å². The Kier molecular flexibility index (Phi) is 3.90. The second-order valence-electron chi connectivity index (χ2n) is 5.08. The van der Waals surface area contributed by atoms with Crippen LogP contribution in [-0.4, -0.2) is 10.1 Å². The van der Waals surface area contributed by atoms with Crippen molar-refractivity contribution in [1.82, 2.24) is 4.98 Å².